The lowest BCUT2D eigenvalue weighted by Gasteiger charge is -2.35. The van der Waals surface area contributed by atoms with Gasteiger partial charge in [0.2, 0.25) is 0 Å². The van der Waals surface area contributed by atoms with Gasteiger partial charge in [0, 0.05) is 25.7 Å². The van der Waals surface area contributed by atoms with Gasteiger partial charge in [-0.15, -0.1) is 0 Å². The Hall–Kier alpha value is -0.120. The molecule has 0 saturated carbocycles. The van der Waals surface area contributed by atoms with Crippen LogP contribution in [0.25, 0.3) is 0 Å². The van der Waals surface area contributed by atoms with Gasteiger partial charge in [-0.1, -0.05) is 6.42 Å². The van der Waals surface area contributed by atoms with Crippen LogP contribution in [0.2, 0.25) is 0 Å². The molecule has 0 spiro atoms. The summed E-state index contributed by atoms with van der Waals surface area (Å²) < 4.78 is 4.98. The molecule has 78 valence electrons. The average Bonchev–Trinajstić information content (AvgIpc) is 2.14. The van der Waals surface area contributed by atoms with Crippen molar-refractivity contribution in [3.8, 4) is 0 Å². The van der Waals surface area contributed by atoms with E-state index in [2.05, 4.69) is 17.6 Å². The summed E-state index contributed by atoms with van der Waals surface area (Å²) in [6.07, 6.45) is 3.97. The molecule has 2 N–H and O–H groups in total. The Morgan fingerprint density at radius 1 is 1.46 bits per heavy atom. The molecule has 1 heterocycles. The van der Waals surface area contributed by atoms with Crippen molar-refractivity contribution in [2.75, 3.05) is 33.4 Å². The summed E-state index contributed by atoms with van der Waals surface area (Å²) in [5, 5.41) is 6.98. The monoisotopic (exact) mass is 186 g/mol. The van der Waals surface area contributed by atoms with Crippen molar-refractivity contribution < 1.29 is 4.74 Å². The summed E-state index contributed by atoms with van der Waals surface area (Å²) >= 11 is 0. The lowest BCUT2D eigenvalue weighted by molar-refractivity contribution is 0.191. The van der Waals surface area contributed by atoms with Crippen LogP contribution in [-0.4, -0.2) is 38.9 Å². The first-order valence-corrected chi connectivity index (χ1v) is 5.21. The maximum absolute atomic E-state index is 4.98. The molecule has 0 aliphatic carbocycles. The van der Waals surface area contributed by atoms with E-state index in [0.29, 0.717) is 5.54 Å². The van der Waals surface area contributed by atoms with Gasteiger partial charge in [0.15, 0.2) is 0 Å². The third-order valence-corrected chi connectivity index (χ3v) is 2.71. The fraction of sp³-hybridized carbons (Fsp3) is 1.00. The summed E-state index contributed by atoms with van der Waals surface area (Å²) in [6, 6.07) is 0. The highest BCUT2D eigenvalue weighted by Crippen LogP contribution is 2.17. The number of methoxy groups -OCH3 is 1. The van der Waals surface area contributed by atoms with E-state index >= 15 is 0 Å². The zero-order chi connectivity index (χ0) is 9.57. The molecule has 3 nitrogen and oxygen atoms in total. The van der Waals surface area contributed by atoms with Crippen LogP contribution in [0.1, 0.15) is 26.2 Å². The quantitative estimate of drug-likeness (QED) is 0.622. The average molecular weight is 186 g/mol. The van der Waals surface area contributed by atoms with Crippen LogP contribution in [0.5, 0.6) is 0 Å². The Labute approximate surface area is 81.2 Å². The second-order valence-electron chi connectivity index (χ2n) is 4.11. The molecule has 13 heavy (non-hydrogen) atoms. The fourth-order valence-electron chi connectivity index (χ4n) is 1.81. The summed E-state index contributed by atoms with van der Waals surface area (Å²) in [4.78, 5) is 0. The van der Waals surface area contributed by atoms with Gasteiger partial charge in [-0.25, -0.2) is 0 Å². The first-order chi connectivity index (χ1) is 6.27. The summed E-state index contributed by atoms with van der Waals surface area (Å²) in [5.41, 5.74) is 0.311. The number of hydrogen-bond donors (Lipinski definition) is 2. The predicted octanol–water partition coefficient (Wildman–Crippen LogP) is 0.755. The van der Waals surface area contributed by atoms with Gasteiger partial charge >= 0.3 is 0 Å². The van der Waals surface area contributed by atoms with Crippen molar-refractivity contribution in [2.24, 2.45) is 0 Å². The van der Waals surface area contributed by atoms with Crippen molar-refractivity contribution in [1.82, 2.24) is 10.6 Å². The van der Waals surface area contributed by atoms with Gasteiger partial charge in [0.05, 0.1) is 6.61 Å². The fourth-order valence-corrected chi connectivity index (χ4v) is 1.81. The lowest BCUT2D eigenvalue weighted by Crippen LogP contribution is -2.53. The van der Waals surface area contributed by atoms with Gasteiger partial charge in [0.1, 0.15) is 0 Å². The van der Waals surface area contributed by atoms with Crippen molar-refractivity contribution in [3.05, 3.63) is 0 Å². The van der Waals surface area contributed by atoms with Crippen LogP contribution in [0.15, 0.2) is 0 Å². The van der Waals surface area contributed by atoms with Gasteiger partial charge in [0.25, 0.3) is 0 Å². The molecule has 0 radical (unpaired) electrons. The zero-order valence-electron chi connectivity index (χ0n) is 8.86. The minimum absolute atomic E-state index is 0.311. The normalized spacial score (nSPS) is 29.1. The molecular weight excluding hydrogens is 164 g/mol. The van der Waals surface area contributed by atoms with Gasteiger partial charge in [-0.05, 0) is 26.3 Å². The van der Waals surface area contributed by atoms with E-state index in [1.54, 1.807) is 7.11 Å². The molecule has 1 atom stereocenters. The lowest BCUT2D eigenvalue weighted by atomic mass is 9.91. The van der Waals surface area contributed by atoms with Crippen LogP contribution in [-0.2, 0) is 4.74 Å². The minimum atomic E-state index is 0.311. The number of ether oxygens (including phenoxy) is 1. The van der Waals surface area contributed by atoms with Crippen LogP contribution >= 0.6 is 0 Å². The van der Waals surface area contributed by atoms with E-state index in [0.717, 1.165) is 19.7 Å². The van der Waals surface area contributed by atoms with Crippen molar-refractivity contribution in [1.29, 1.82) is 0 Å². The summed E-state index contributed by atoms with van der Waals surface area (Å²) in [6.45, 7) is 6.27. The second-order valence-corrected chi connectivity index (χ2v) is 4.11. The highest BCUT2D eigenvalue weighted by atomic mass is 16.5. The van der Waals surface area contributed by atoms with E-state index in [1.165, 1.54) is 25.8 Å². The van der Waals surface area contributed by atoms with Crippen molar-refractivity contribution in [3.63, 3.8) is 0 Å². The highest BCUT2D eigenvalue weighted by molar-refractivity contribution is 4.88. The Morgan fingerprint density at radius 3 is 2.92 bits per heavy atom. The van der Waals surface area contributed by atoms with Crippen molar-refractivity contribution in [2.45, 2.75) is 31.7 Å². The molecule has 1 rings (SSSR count). The molecule has 0 aromatic heterocycles. The van der Waals surface area contributed by atoms with E-state index in [1.807, 2.05) is 0 Å². The van der Waals surface area contributed by atoms with Crippen LogP contribution in [0, 0.1) is 0 Å². The SMILES string of the molecule is COCCNCC1(C)CCCCN1. The van der Waals surface area contributed by atoms with E-state index in [9.17, 15) is 0 Å². The van der Waals surface area contributed by atoms with E-state index in [4.69, 9.17) is 4.74 Å². The molecule has 0 bridgehead atoms. The molecule has 1 fully saturated rings. The minimum Gasteiger partial charge on any atom is -0.383 e. The molecule has 0 amide bonds. The molecular formula is C10H22N2O. The maximum atomic E-state index is 4.98. The Bertz CT molecular complexity index is 133. The molecule has 0 aromatic carbocycles. The van der Waals surface area contributed by atoms with Crippen LogP contribution < -0.4 is 10.6 Å². The van der Waals surface area contributed by atoms with E-state index in [-0.39, 0.29) is 0 Å². The molecule has 0 aromatic rings. The van der Waals surface area contributed by atoms with E-state index < -0.39 is 0 Å². The number of piperidine rings is 1. The third kappa shape index (κ3) is 4.07. The summed E-state index contributed by atoms with van der Waals surface area (Å²) in [7, 11) is 1.74. The Morgan fingerprint density at radius 2 is 2.31 bits per heavy atom. The third-order valence-electron chi connectivity index (χ3n) is 2.71. The standard InChI is InChI=1S/C10H22N2O/c1-10(5-3-4-6-12-10)9-11-7-8-13-2/h11-12H,3-9H2,1-2H3. The van der Waals surface area contributed by atoms with Crippen molar-refractivity contribution >= 4 is 0 Å². The largest absolute Gasteiger partial charge is 0.383 e. The molecule has 1 aliphatic heterocycles. The summed E-state index contributed by atoms with van der Waals surface area (Å²) in [5.74, 6) is 0. The zero-order valence-corrected chi connectivity index (χ0v) is 8.86. The molecule has 3 heteroatoms. The first-order valence-electron chi connectivity index (χ1n) is 5.21. The number of rotatable bonds is 5. The topological polar surface area (TPSA) is 33.3 Å². The Balaban J connectivity index is 2.10. The number of hydrogen-bond acceptors (Lipinski definition) is 3. The highest BCUT2D eigenvalue weighted by Gasteiger charge is 2.24. The smallest absolute Gasteiger partial charge is 0.0587 e. The van der Waals surface area contributed by atoms with Gasteiger partial charge in [-0.3, -0.25) is 0 Å². The first kappa shape index (κ1) is 11.0. The molecule has 1 unspecified atom stereocenters. The molecule has 1 aliphatic rings. The van der Waals surface area contributed by atoms with Gasteiger partial charge in [-0.2, -0.15) is 0 Å². The molecule has 1 saturated heterocycles. The second kappa shape index (κ2) is 5.58. The Kier molecular flexibility index (Phi) is 4.70. The van der Waals surface area contributed by atoms with Gasteiger partial charge < -0.3 is 15.4 Å². The maximum Gasteiger partial charge on any atom is 0.0587 e. The van der Waals surface area contributed by atoms with Crippen LogP contribution in [0.3, 0.4) is 0 Å². The predicted molar refractivity (Wildman–Crippen MR) is 55.0 cm³/mol. The number of nitrogens with one attached hydrogen (secondary N) is 2. The van der Waals surface area contributed by atoms with Crippen LogP contribution in [0.4, 0.5) is 0 Å².